The number of sulfonamides is 1. The molecule has 0 atom stereocenters. The molecule has 2 aromatic carbocycles. The SMILES string of the molecule is Cc1ccc(C)c(NS(=O)(=O)c2ccc(C(N)=S)cc2)c1. The first-order chi connectivity index (χ1) is 9.79. The van der Waals surface area contributed by atoms with Crippen LogP contribution >= 0.6 is 12.2 Å². The van der Waals surface area contributed by atoms with E-state index >= 15 is 0 Å². The van der Waals surface area contributed by atoms with Crippen LogP contribution in [0.2, 0.25) is 0 Å². The third-order valence-electron chi connectivity index (χ3n) is 3.09. The third kappa shape index (κ3) is 3.59. The molecule has 21 heavy (non-hydrogen) atoms. The molecule has 0 radical (unpaired) electrons. The van der Waals surface area contributed by atoms with Gasteiger partial charge in [-0.15, -0.1) is 0 Å². The van der Waals surface area contributed by atoms with Gasteiger partial charge in [0, 0.05) is 5.56 Å². The minimum atomic E-state index is -3.63. The smallest absolute Gasteiger partial charge is 0.261 e. The molecule has 0 heterocycles. The number of benzene rings is 2. The molecule has 4 nitrogen and oxygen atoms in total. The van der Waals surface area contributed by atoms with Gasteiger partial charge in [0.2, 0.25) is 0 Å². The van der Waals surface area contributed by atoms with E-state index in [4.69, 9.17) is 18.0 Å². The molecule has 0 spiro atoms. The van der Waals surface area contributed by atoms with Gasteiger partial charge >= 0.3 is 0 Å². The lowest BCUT2D eigenvalue weighted by Crippen LogP contribution is -2.15. The predicted molar refractivity (Wildman–Crippen MR) is 89.1 cm³/mol. The first-order valence-corrected chi connectivity index (χ1v) is 8.19. The Morgan fingerprint density at radius 3 is 2.29 bits per heavy atom. The van der Waals surface area contributed by atoms with E-state index in [2.05, 4.69) is 4.72 Å². The molecular formula is C15H16N2O2S2. The molecule has 0 aliphatic heterocycles. The highest BCUT2D eigenvalue weighted by Gasteiger charge is 2.15. The van der Waals surface area contributed by atoms with E-state index in [-0.39, 0.29) is 9.88 Å². The molecule has 0 unspecified atom stereocenters. The van der Waals surface area contributed by atoms with Gasteiger partial charge in [0.15, 0.2) is 0 Å². The molecule has 0 aromatic heterocycles. The zero-order valence-electron chi connectivity index (χ0n) is 11.8. The van der Waals surface area contributed by atoms with Gasteiger partial charge in [0.05, 0.1) is 10.6 Å². The number of thiocarbonyl (C=S) groups is 1. The summed E-state index contributed by atoms with van der Waals surface area (Å²) in [5, 5.41) is 0. The maximum Gasteiger partial charge on any atom is 0.261 e. The minimum Gasteiger partial charge on any atom is -0.389 e. The lowest BCUT2D eigenvalue weighted by Gasteiger charge is -2.11. The van der Waals surface area contributed by atoms with Crippen LogP contribution in [0.5, 0.6) is 0 Å². The largest absolute Gasteiger partial charge is 0.389 e. The van der Waals surface area contributed by atoms with Crippen LogP contribution in [0.4, 0.5) is 5.69 Å². The first-order valence-electron chi connectivity index (χ1n) is 6.29. The summed E-state index contributed by atoms with van der Waals surface area (Å²) in [6, 6.07) is 11.8. The van der Waals surface area contributed by atoms with E-state index in [9.17, 15) is 8.42 Å². The van der Waals surface area contributed by atoms with E-state index in [0.29, 0.717) is 11.3 Å². The topological polar surface area (TPSA) is 72.2 Å². The van der Waals surface area contributed by atoms with Gasteiger partial charge in [0.25, 0.3) is 10.0 Å². The fourth-order valence-corrected chi connectivity index (χ4v) is 3.11. The minimum absolute atomic E-state index is 0.170. The zero-order chi connectivity index (χ0) is 15.6. The van der Waals surface area contributed by atoms with Crippen molar-refractivity contribution in [2.75, 3.05) is 4.72 Å². The number of anilines is 1. The van der Waals surface area contributed by atoms with Crippen molar-refractivity contribution in [1.29, 1.82) is 0 Å². The molecule has 6 heteroatoms. The number of hydrogen-bond donors (Lipinski definition) is 2. The molecule has 2 rings (SSSR count). The summed E-state index contributed by atoms with van der Waals surface area (Å²) in [7, 11) is -3.63. The Morgan fingerprint density at radius 2 is 1.71 bits per heavy atom. The van der Waals surface area contributed by atoms with Gasteiger partial charge < -0.3 is 5.73 Å². The van der Waals surface area contributed by atoms with Crippen molar-refractivity contribution in [2.45, 2.75) is 18.7 Å². The maximum absolute atomic E-state index is 12.4. The van der Waals surface area contributed by atoms with Crippen molar-refractivity contribution in [3.8, 4) is 0 Å². The predicted octanol–water partition coefficient (Wildman–Crippen LogP) is 2.74. The van der Waals surface area contributed by atoms with E-state index in [1.165, 1.54) is 12.1 Å². The number of nitrogens with one attached hydrogen (secondary N) is 1. The third-order valence-corrected chi connectivity index (χ3v) is 4.70. The standard InChI is InChI=1S/C15H16N2O2S2/c1-10-3-4-11(2)14(9-10)17-21(18,19)13-7-5-12(6-8-13)15(16)20/h3-9,17H,1-2H3,(H2,16,20). The van der Waals surface area contributed by atoms with E-state index in [1.54, 1.807) is 18.2 Å². The molecule has 110 valence electrons. The Balaban J connectivity index is 2.34. The van der Waals surface area contributed by atoms with Gasteiger partial charge in [-0.1, -0.05) is 36.5 Å². The molecule has 0 aliphatic carbocycles. The highest BCUT2D eigenvalue weighted by molar-refractivity contribution is 7.92. The summed E-state index contributed by atoms with van der Waals surface area (Å²) in [5.74, 6) is 0. The monoisotopic (exact) mass is 320 g/mol. The Morgan fingerprint density at radius 1 is 1.10 bits per heavy atom. The van der Waals surface area contributed by atoms with Crippen LogP contribution < -0.4 is 10.5 Å². The van der Waals surface area contributed by atoms with Crippen LogP contribution in [0.15, 0.2) is 47.4 Å². The molecule has 0 saturated carbocycles. The van der Waals surface area contributed by atoms with Crippen LogP contribution in [-0.4, -0.2) is 13.4 Å². The Bertz CT molecular complexity index is 782. The summed E-state index contributed by atoms with van der Waals surface area (Å²) in [6.45, 7) is 3.77. The molecule has 2 aromatic rings. The maximum atomic E-state index is 12.4. The fourth-order valence-electron chi connectivity index (χ4n) is 1.85. The Labute approximate surface area is 130 Å². The molecule has 0 aliphatic rings. The van der Waals surface area contributed by atoms with Crippen molar-refractivity contribution in [1.82, 2.24) is 0 Å². The summed E-state index contributed by atoms with van der Waals surface area (Å²) < 4.78 is 27.3. The molecule has 0 saturated heterocycles. The molecule has 0 bridgehead atoms. The second-order valence-corrected chi connectivity index (χ2v) is 6.93. The van der Waals surface area contributed by atoms with Crippen LogP contribution in [0.3, 0.4) is 0 Å². The summed E-state index contributed by atoms with van der Waals surface area (Å²) >= 11 is 4.85. The first kappa shape index (κ1) is 15.5. The van der Waals surface area contributed by atoms with Crippen LogP contribution in [0, 0.1) is 13.8 Å². The lowest BCUT2D eigenvalue weighted by atomic mass is 10.1. The second-order valence-electron chi connectivity index (χ2n) is 4.81. The molecule has 3 N–H and O–H groups in total. The van der Waals surface area contributed by atoms with Gasteiger partial charge in [-0.2, -0.15) is 0 Å². The number of hydrogen-bond acceptors (Lipinski definition) is 3. The number of rotatable bonds is 4. The average molecular weight is 320 g/mol. The van der Waals surface area contributed by atoms with Crippen molar-refractivity contribution < 1.29 is 8.42 Å². The van der Waals surface area contributed by atoms with Gasteiger partial charge in [-0.25, -0.2) is 8.42 Å². The summed E-state index contributed by atoms with van der Waals surface area (Å²) in [6.07, 6.45) is 0. The average Bonchev–Trinajstić information content (AvgIpc) is 2.43. The second kappa shape index (κ2) is 5.83. The summed E-state index contributed by atoms with van der Waals surface area (Å²) in [4.78, 5) is 0.407. The van der Waals surface area contributed by atoms with Gasteiger partial charge in [-0.05, 0) is 43.2 Å². The fraction of sp³-hybridized carbons (Fsp3) is 0.133. The highest BCUT2D eigenvalue weighted by Crippen LogP contribution is 2.21. The molecule has 0 amide bonds. The summed E-state index contributed by atoms with van der Waals surface area (Å²) in [5.41, 5.74) is 8.56. The van der Waals surface area contributed by atoms with Gasteiger partial charge in [0.1, 0.15) is 4.99 Å². The number of nitrogens with two attached hydrogens (primary N) is 1. The van der Waals surface area contributed by atoms with Gasteiger partial charge in [-0.3, -0.25) is 4.72 Å². The highest BCUT2D eigenvalue weighted by atomic mass is 32.2. The molecular weight excluding hydrogens is 304 g/mol. The zero-order valence-corrected chi connectivity index (χ0v) is 13.4. The normalized spacial score (nSPS) is 11.1. The van der Waals surface area contributed by atoms with Crippen molar-refractivity contribution in [3.63, 3.8) is 0 Å². The van der Waals surface area contributed by atoms with E-state index < -0.39 is 10.0 Å². The molecule has 0 fully saturated rings. The van der Waals surface area contributed by atoms with E-state index in [1.807, 2.05) is 26.0 Å². The van der Waals surface area contributed by atoms with Crippen molar-refractivity contribution in [3.05, 3.63) is 59.2 Å². The number of aryl methyl sites for hydroxylation is 2. The quantitative estimate of drug-likeness (QED) is 0.850. The van der Waals surface area contributed by atoms with E-state index in [0.717, 1.165) is 11.1 Å². The Kier molecular flexibility index (Phi) is 4.29. The van der Waals surface area contributed by atoms with Crippen molar-refractivity contribution in [2.24, 2.45) is 5.73 Å². The van der Waals surface area contributed by atoms with Crippen LogP contribution in [0.1, 0.15) is 16.7 Å². The van der Waals surface area contributed by atoms with Crippen LogP contribution in [-0.2, 0) is 10.0 Å². The Hall–Kier alpha value is -1.92. The lowest BCUT2D eigenvalue weighted by molar-refractivity contribution is 0.601. The van der Waals surface area contributed by atoms with Crippen molar-refractivity contribution >= 4 is 32.9 Å². The van der Waals surface area contributed by atoms with Crippen LogP contribution in [0.25, 0.3) is 0 Å².